The lowest BCUT2D eigenvalue weighted by Crippen LogP contribution is -2.80. The lowest BCUT2D eigenvalue weighted by atomic mass is 9.61. The van der Waals surface area contributed by atoms with Gasteiger partial charge in [0.15, 0.2) is 17.3 Å². The monoisotopic (exact) mass is 612 g/mol. The topological polar surface area (TPSA) is 206 Å². The van der Waals surface area contributed by atoms with Gasteiger partial charge in [0.25, 0.3) is 0 Å². The minimum Gasteiger partial charge on any atom is -0.484 e. The summed E-state index contributed by atoms with van der Waals surface area (Å²) < 4.78 is 41.0. The van der Waals surface area contributed by atoms with Crippen LogP contribution in [0.4, 0.5) is 0 Å². The molecular weight excluding hydrogens is 575 g/mol. The highest BCUT2D eigenvalue weighted by Crippen LogP contribution is 2.91. The molecule has 2 aromatic rings. The van der Waals surface area contributed by atoms with Crippen molar-refractivity contribution in [1.29, 1.82) is 0 Å². The molecule has 4 aliphatic rings. The smallest absolute Gasteiger partial charge is 0.470 e. The van der Waals surface area contributed by atoms with Gasteiger partial charge in [-0.25, -0.2) is 9.36 Å². The molecule has 0 unspecified atom stereocenters. The summed E-state index contributed by atoms with van der Waals surface area (Å²) in [5.41, 5.74) is -17.9. The third-order valence-corrected chi connectivity index (χ3v) is 11.8. The van der Waals surface area contributed by atoms with Crippen molar-refractivity contribution in [3.05, 3.63) is 40.2 Å². The number of phosphoric ester groups is 1. The molecule has 42 heavy (non-hydrogen) atoms. The van der Waals surface area contributed by atoms with E-state index in [0.29, 0.717) is 10.9 Å². The van der Waals surface area contributed by atoms with E-state index >= 15 is 0 Å². The zero-order valence-corrected chi connectivity index (χ0v) is 25.1. The van der Waals surface area contributed by atoms with E-state index in [1.54, 1.807) is 13.0 Å². The number of phosphoric acid groups is 1. The van der Waals surface area contributed by atoms with Gasteiger partial charge < -0.3 is 48.8 Å². The molecule has 0 bridgehead atoms. The Balaban J connectivity index is 1.62. The Morgan fingerprint density at radius 3 is 2.12 bits per heavy atom. The van der Waals surface area contributed by atoms with Gasteiger partial charge in [0, 0.05) is 61.5 Å². The normalized spacial score (nSPS) is 41.1. The molecule has 3 saturated carbocycles. The fraction of sp³-hybridized carbons (Fsp3) is 0.679. The molecule has 232 valence electrons. The summed E-state index contributed by atoms with van der Waals surface area (Å²) in [6.07, 6.45) is -1.90. The summed E-state index contributed by atoms with van der Waals surface area (Å²) >= 11 is 0. The van der Waals surface area contributed by atoms with Crippen LogP contribution in [0.3, 0.4) is 0 Å². The lowest BCUT2D eigenvalue weighted by Gasteiger charge is -2.57. The molecular formula is C28H37O13P. The van der Waals surface area contributed by atoms with Crippen LogP contribution in [-0.4, -0.2) is 90.2 Å². The number of rotatable bonds is 6. The molecule has 14 heteroatoms. The van der Waals surface area contributed by atoms with Gasteiger partial charge in [0.1, 0.15) is 33.7 Å². The SMILES string of the molecule is COC1([C@@]2(O)[C@]3(O)C(C)(C)[C@@]3(O)[C@@H](Oc3ccc4c(C)cc(=O)oc4c3)[C@]3(OP(=O)(O)O)C(C)(C)[C@]23O)CCOCC1. The van der Waals surface area contributed by atoms with Gasteiger partial charge in [-0.3, -0.25) is 4.52 Å². The van der Waals surface area contributed by atoms with E-state index in [1.807, 2.05) is 0 Å². The van der Waals surface area contributed by atoms with E-state index < -0.39 is 64.0 Å². The molecule has 1 aliphatic heterocycles. The number of aryl methyl sites for hydroxylation is 1. The number of hydrogen-bond donors (Lipinski definition) is 6. The lowest BCUT2D eigenvalue weighted by molar-refractivity contribution is -0.335. The first-order valence-electron chi connectivity index (χ1n) is 13.7. The highest BCUT2D eigenvalue weighted by Gasteiger charge is 3.13. The van der Waals surface area contributed by atoms with E-state index in [4.69, 9.17) is 23.2 Å². The molecule has 6 atom stereocenters. The third-order valence-electron chi connectivity index (χ3n) is 11.2. The molecule has 2 heterocycles. The number of benzene rings is 1. The van der Waals surface area contributed by atoms with Crippen LogP contribution in [0.2, 0.25) is 0 Å². The minimum absolute atomic E-state index is 0.0172. The van der Waals surface area contributed by atoms with Gasteiger partial charge in [-0.15, -0.1) is 0 Å². The minimum atomic E-state index is -5.47. The first kappa shape index (κ1) is 30.1. The summed E-state index contributed by atoms with van der Waals surface area (Å²) in [6, 6.07) is 5.76. The van der Waals surface area contributed by atoms with Gasteiger partial charge in [-0.1, -0.05) is 27.7 Å². The van der Waals surface area contributed by atoms with E-state index in [1.165, 1.54) is 53.0 Å². The fourth-order valence-electron chi connectivity index (χ4n) is 8.92. The van der Waals surface area contributed by atoms with Gasteiger partial charge in [-0.2, -0.15) is 0 Å². The first-order valence-corrected chi connectivity index (χ1v) is 15.2. The average Bonchev–Trinajstić information content (AvgIpc) is 3.48. The van der Waals surface area contributed by atoms with E-state index in [0.717, 1.165) is 0 Å². The summed E-state index contributed by atoms with van der Waals surface area (Å²) in [5.74, 6) is -0.0172. The summed E-state index contributed by atoms with van der Waals surface area (Å²) in [6.45, 7) is 7.58. The molecule has 6 N–H and O–H groups in total. The highest BCUT2D eigenvalue weighted by molar-refractivity contribution is 7.46. The molecule has 4 fully saturated rings. The van der Waals surface area contributed by atoms with Crippen LogP contribution >= 0.6 is 7.82 Å². The predicted octanol–water partition coefficient (Wildman–Crippen LogP) is 0.910. The van der Waals surface area contributed by atoms with Crippen LogP contribution in [0.15, 0.2) is 33.5 Å². The fourth-order valence-corrected chi connectivity index (χ4v) is 9.75. The van der Waals surface area contributed by atoms with Gasteiger partial charge >= 0.3 is 13.4 Å². The van der Waals surface area contributed by atoms with Crippen molar-refractivity contribution in [2.24, 2.45) is 10.8 Å². The highest BCUT2D eigenvalue weighted by atomic mass is 31.2. The first-order chi connectivity index (χ1) is 19.2. The molecule has 1 aromatic carbocycles. The molecule has 0 radical (unpaired) electrons. The maximum atomic E-state index is 12.9. The molecule has 0 spiro atoms. The molecule has 1 aromatic heterocycles. The number of methoxy groups -OCH3 is 1. The number of fused-ring (bicyclic) bond motifs is 3. The van der Waals surface area contributed by atoms with Crippen LogP contribution in [0.25, 0.3) is 11.0 Å². The molecule has 1 saturated heterocycles. The zero-order chi connectivity index (χ0) is 31.2. The van der Waals surface area contributed by atoms with Crippen LogP contribution in [0.1, 0.15) is 46.1 Å². The van der Waals surface area contributed by atoms with Gasteiger partial charge in [0.2, 0.25) is 0 Å². The van der Waals surface area contributed by atoms with Crippen LogP contribution < -0.4 is 10.4 Å². The largest absolute Gasteiger partial charge is 0.484 e. The quantitative estimate of drug-likeness (QED) is 0.198. The Morgan fingerprint density at radius 2 is 1.55 bits per heavy atom. The van der Waals surface area contributed by atoms with E-state index in [-0.39, 0.29) is 37.4 Å². The third kappa shape index (κ3) is 2.87. The van der Waals surface area contributed by atoms with Crippen molar-refractivity contribution >= 4 is 18.8 Å². The second-order valence-corrected chi connectivity index (χ2v) is 14.3. The van der Waals surface area contributed by atoms with Crippen molar-refractivity contribution in [2.75, 3.05) is 20.3 Å². The van der Waals surface area contributed by atoms with E-state index in [9.17, 15) is 39.6 Å². The van der Waals surface area contributed by atoms with Crippen LogP contribution in [0.5, 0.6) is 5.75 Å². The maximum absolute atomic E-state index is 12.9. The standard InChI is InChI=1S/C28H37O13P/c1-15-13-19(29)40-18-14-16(7-8-17(15)18)39-20-24(30)21(2,3)26(24,31)28(33,23(37-6)9-11-38-12-10-23)27(32)22(4,5)25(20,27)41-42(34,35)36/h7-8,13-14,20,30-33H,9-12H2,1-6H3,(H2,34,35,36)/t20-,24+,25+,26+,27-,28-/m1/s1. The Labute approximate surface area is 241 Å². The number of aliphatic hydroxyl groups is 4. The Kier molecular flexibility index (Phi) is 5.90. The molecule has 13 nitrogen and oxygen atoms in total. The maximum Gasteiger partial charge on any atom is 0.470 e. The second-order valence-electron chi connectivity index (χ2n) is 13.2. The van der Waals surface area contributed by atoms with Crippen molar-refractivity contribution in [1.82, 2.24) is 0 Å². The van der Waals surface area contributed by atoms with Crippen molar-refractivity contribution in [3.63, 3.8) is 0 Å². The zero-order valence-electron chi connectivity index (χ0n) is 24.2. The summed E-state index contributed by atoms with van der Waals surface area (Å²) in [5, 5.41) is 51.2. The van der Waals surface area contributed by atoms with Gasteiger partial charge in [0.05, 0.1) is 0 Å². The Hall–Kier alpha value is -1.90. The molecule has 3 aliphatic carbocycles. The van der Waals surface area contributed by atoms with E-state index in [2.05, 4.69) is 0 Å². The second kappa shape index (κ2) is 8.22. The average molecular weight is 613 g/mol. The van der Waals surface area contributed by atoms with Crippen molar-refractivity contribution < 1.29 is 57.9 Å². The van der Waals surface area contributed by atoms with Crippen LogP contribution in [-0.2, 0) is 18.6 Å². The van der Waals surface area contributed by atoms with Crippen LogP contribution in [0, 0.1) is 17.8 Å². The Morgan fingerprint density at radius 1 is 0.929 bits per heavy atom. The Bertz CT molecular complexity index is 1590. The molecule has 0 amide bonds. The predicted molar refractivity (Wildman–Crippen MR) is 145 cm³/mol. The number of ether oxygens (including phenoxy) is 3. The summed E-state index contributed by atoms with van der Waals surface area (Å²) in [4.78, 5) is 32.4. The van der Waals surface area contributed by atoms with Gasteiger partial charge in [-0.05, 0) is 24.6 Å². The number of hydrogen-bond acceptors (Lipinski definition) is 11. The van der Waals surface area contributed by atoms with Crippen molar-refractivity contribution in [3.8, 4) is 5.75 Å². The molecule has 6 rings (SSSR count). The summed E-state index contributed by atoms with van der Waals surface area (Å²) in [7, 11) is -4.18. The van der Waals surface area contributed by atoms with Crippen molar-refractivity contribution in [2.45, 2.75) is 87.2 Å².